The smallest absolute Gasteiger partial charge is 0.275 e. The summed E-state index contributed by atoms with van der Waals surface area (Å²) in [5.41, 5.74) is 1.26. The largest absolute Gasteiger partial charge is 0.489 e. The van der Waals surface area contributed by atoms with Crippen molar-refractivity contribution in [3.8, 4) is 11.4 Å². The maximum atomic E-state index is 13.2. The molecule has 0 aliphatic carbocycles. The predicted octanol–water partition coefficient (Wildman–Crippen LogP) is 4.81. The quantitative estimate of drug-likeness (QED) is 0.518. The number of nitrogens with zero attached hydrogens (tertiary/aromatic N) is 3. The summed E-state index contributed by atoms with van der Waals surface area (Å²) in [5, 5.41) is 10.3. The molecule has 2 aliphatic rings. The minimum Gasteiger partial charge on any atom is -0.489 e. The van der Waals surface area contributed by atoms with Crippen LogP contribution in [-0.4, -0.2) is 50.9 Å². The number of thiophene rings is 1. The van der Waals surface area contributed by atoms with Gasteiger partial charge in [0.05, 0.1) is 22.3 Å². The first-order chi connectivity index (χ1) is 15.9. The lowest BCUT2D eigenvalue weighted by Gasteiger charge is -2.36. The van der Waals surface area contributed by atoms with Gasteiger partial charge in [0.1, 0.15) is 22.9 Å². The van der Waals surface area contributed by atoms with Crippen molar-refractivity contribution in [3.63, 3.8) is 0 Å². The molecule has 4 heterocycles. The molecule has 3 aromatic rings. The van der Waals surface area contributed by atoms with Gasteiger partial charge in [-0.1, -0.05) is 18.5 Å². The Hall–Kier alpha value is -1.93. The number of aryl methyl sites for hydroxylation is 1. The van der Waals surface area contributed by atoms with Crippen molar-refractivity contribution in [1.29, 1.82) is 0 Å². The third kappa shape index (κ3) is 4.56. The van der Waals surface area contributed by atoms with Gasteiger partial charge in [0, 0.05) is 17.0 Å². The summed E-state index contributed by atoms with van der Waals surface area (Å²) in [6.45, 7) is 1.97. The molecular formula is C25H30ClN3O3S. The molecule has 176 valence electrons. The standard InChI is InChI=1S/C25H30ClN3O3S/c1-3-18(30)7-8-20-13-22-24(33-20)25(31)29(14-27-22)17-6-9-23(21(26)12-17)32-19-10-15-4-5-16(11-19)28(15)2/h6,9,12-16,18-19,30H,3-5,7-8,10-11H2,1-2H3/t15-,16+,18?,19+. The Labute approximate surface area is 202 Å². The molecule has 0 radical (unpaired) electrons. The van der Waals surface area contributed by atoms with Crippen LogP contribution in [0.2, 0.25) is 5.02 Å². The van der Waals surface area contributed by atoms with Crippen LogP contribution in [0, 0.1) is 0 Å². The van der Waals surface area contributed by atoms with E-state index in [2.05, 4.69) is 16.9 Å². The Morgan fingerprint density at radius 2 is 2.03 bits per heavy atom. The molecule has 0 saturated carbocycles. The van der Waals surface area contributed by atoms with Crippen molar-refractivity contribution < 1.29 is 9.84 Å². The van der Waals surface area contributed by atoms with Crippen molar-refractivity contribution in [3.05, 3.63) is 50.8 Å². The summed E-state index contributed by atoms with van der Waals surface area (Å²) >= 11 is 8.04. The lowest BCUT2D eigenvalue weighted by atomic mass is 10.0. The molecule has 1 N–H and O–H groups in total. The molecule has 2 saturated heterocycles. The predicted molar refractivity (Wildman–Crippen MR) is 133 cm³/mol. The number of aromatic nitrogens is 2. The summed E-state index contributed by atoms with van der Waals surface area (Å²) in [6.07, 6.45) is 8.14. The van der Waals surface area contributed by atoms with Gasteiger partial charge in [-0.05, 0) is 76.3 Å². The zero-order valence-corrected chi connectivity index (χ0v) is 20.6. The Balaban J connectivity index is 1.35. The number of aliphatic hydroxyl groups is 1. The number of rotatable bonds is 7. The van der Waals surface area contributed by atoms with E-state index >= 15 is 0 Å². The summed E-state index contributed by atoms with van der Waals surface area (Å²) in [5.74, 6) is 0.671. The van der Waals surface area contributed by atoms with E-state index in [0.717, 1.165) is 30.6 Å². The second-order valence-electron chi connectivity index (χ2n) is 9.32. The molecule has 4 atom stereocenters. The van der Waals surface area contributed by atoms with Crippen molar-refractivity contribution >= 4 is 33.2 Å². The molecule has 33 heavy (non-hydrogen) atoms. The van der Waals surface area contributed by atoms with Crippen LogP contribution in [0.25, 0.3) is 15.9 Å². The fraction of sp³-hybridized carbons (Fsp3) is 0.520. The molecule has 0 spiro atoms. The van der Waals surface area contributed by atoms with E-state index in [4.69, 9.17) is 16.3 Å². The Kier molecular flexibility index (Phi) is 6.49. The van der Waals surface area contributed by atoms with Crippen LogP contribution < -0.4 is 10.3 Å². The Morgan fingerprint density at radius 1 is 1.27 bits per heavy atom. The third-order valence-corrected chi connectivity index (χ3v) is 8.69. The maximum absolute atomic E-state index is 13.2. The van der Waals surface area contributed by atoms with Crippen LogP contribution in [0.3, 0.4) is 0 Å². The maximum Gasteiger partial charge on any atom is 0.275 e. The van der Waals surface area contributed by atoms with Crippen molar-refractivity contribution in [2.45, 2.75) is 76.2 Å². The molecular weight excluding hydrogens is 458 g/mol. The van der Waals surface area contributed by atoms with Gasteiger partial charge in [0.15, 0.2) is 0 Å². The molecule has 2 fully saturated rings. The van der Waals surface area contributed by atoms with E-state index in [1.54, 1.807) is 12.4 Å². The fourth-order valence-electron chi connectivity index (χ4n) is 5.15. The van der Waals surface area contributed by atoms with Crippen molar-refractivity contribution in [2.75, 3.05) is 7.05 Å². The summed E-state index contributed by atoms with van der Waals surface area (Å²) in [6, 6.07) is 8.66. The molecule has 8 heteroatoms. The average Bonchev–Trinajstić information content (AvgIpc) is 3.30. The third-order valence-electron chi connectivity index (χ3n) is 7.23. The second-order valence-corrected chi connectivity index (χ2v) is 10.9. The number of piperidine rings is 1. The van der Waals surface area contributed by atoms with E-state index < -0.39 is 0 Å². The number of halogens is 1. The van der Waals surface area contributed by atoms with Crippen LogP contribution in [-0.2, 0) is 6.42 Å². The van der Waals surface area contributed by atoms with Crippen molar-refractivity contribution in [2.24, 2.45) is 0 Å². The van der Waals surface area contributed by atoms with Gasteiger partial charge in [0.25, 0.3) is 5.56 Å². The molecule has 0 amide bonds. The van der Waals surface area contributed by atoms with Gasteiger partial charge in [-0.25, -0.2) is 4.98 Å². The lowest BCUT2D eigenvalue weighted by molar-refractivity contribution is 0.0662. The first kappa shape index (κ1) is 22.8. The lowest BCUT2D eigenvalue weighted by Crippen LogP contribution is -2.43. The van der Waals surface area contributed by atoms with Crippen LogP contribution in [0.4, 0.5) is 0 Å². The minimum absolute atomic E-state index is 0.107. The molecule has 2 aliphatic heterocycles. The highest BCUT2D eigenvalue weighted by atomic mass is 35.5. The fourth-order valence-corrected chi connectivity index (χ4v) is 6.43. The Morgan fingerprint density at radius 3 is 2.73 bits per heavy atom. The average molecular weight is 488 g/mol. The number of fused-ring (bicyclic) bond motifs is 3. The second kappa shape index (κ2) is 9.37. The molecule has 2 bridgehead atoms. The van der Waals surface area contributed by atoms with Gasteiger partial charge in [-0.3, -0.25) is 9.36 Å². The number of ether oxygens (including phenoxy) is 1. The molecule has 6 nitrogen and oxygen atoms in total. The Bertz CT molecular complexity index is 1200. The summed E-state index contributed by atoms with van der Waals surface area (Å²) in [7, 11) is 2.22. The number of hydrogen-bond donors (Lipinski definition) is 1. The zero-order valence-electron chi connectivity index (χ0n) is 19.0. The van der Waals surface area contributed by atoms with E-state index in [0.29, 0.717) is 45.2 Å². The number of hydrogen-bond acceptors (Lipinski definition) is 6. The van der Waals surface area contributed by atoms with Gasteiger partial charge in [-0.15, -0.1) is 11.3 Å². The number of aliphatic hydroxyl groups excluding tert-OH is 1. The first-order valence-electron chi connectivity index (χ1n) is 11.8. The van der Waals surface area contributed by atoms with Gasteiger partial charge in [0.2, 0.25) is 0 Å². The monoisotopic (exact) mass is 487 g/mol. The van der Waals surface area contributed by atoms with Crippen molar-refractivity contribution in [1.82, 2.24) is 14.5 Å². The van der Waals surface area contributed by atoms with Crippen LogP contribution >= 0.6 is 22.9 Å². The normalized spacial score (nSPS) is 23.8. The molecule has 5 rings (SSSR count). The highest BCUT2D eigenvalue weighted by molar-refractivity contribution is 7.18. The van der Waals surface area contributed by atoms with E-state index in [1.165, 1.54) is 28.7 Å². The molecule has 1 unspecified atom stereocenters. The highest BCUT2D eigenvalue weighted by Crippen LogP contribution is 2.37. The summed E-state index contributed by atoms with van der Waals surface area (Å²) in [4.78, 5) is 21.2. The number of benzene rings is 1. The van der Waals surface area contributed by atoms with E-state index in [9.17, 15) is 9.90 Å². The van der Waals surface area contributed by atoms with Crippen LogP contribution in [0.1, 0.15) is 50.3 Å². The van der Waals surface area contributed by atoms with Crippen LogP contribution in [0.5, 0.6) is 5.75 Å². The molecule has 1 aromatic carbocycles. The SMILES string of the molecule is CCC(O)CCc1cc2ncn(-c3ccc(O[C@H]4C[C@H]5CC[C@@H](C4)N5C)c(Cl)c3)c(=O)c2s1. The minimum atomic E-state index is -0.313. The van der Waals surface area contributed by atoms with E-state index in [-0.39, 0.29) is 17.8 Å². The van der Waals surface area contributed by atoms with E-state index in [1.807, 2.05) is 25.1 Å². The van der Waals surface area contributed by atoms with Gasteiger partial charge < -0.3 is 14.7 Å². The van der Waals surface area contributed by atoms with Gasteiger partial charge >= 0.3 is 0 Å². The van der Waals surface area contributed by atoms with Gasteiger partial charge in [-0.2, -0.15) is 0 Å². The summed E-state index contributed by atoms with van der Waals surface area (Å²) < 4.78 is 8.44. The van der Waals surface area contributed by atoms with Crippen LogP contribution in [0.15, 0.2) is 35.4 Å². The molecule has 2 aromatic heterocycles. The topological polar surface area (TPSA) is 67.6 Å². The first-order valence-corrected chi connectivity index (χ1v) is 13.0. The highest BCUT2D eigenvalue weighted by Gasteiger charge is 2.39. The zero-order chi connectivity index (χ0) is 23.1.